The predicted octanol–water partition coefficient (Wildman–Crippen LogP) is 4.01. The Morgan fingerprint density at radius 3 is 2.56 bits per heavy atom. The monoisotopic (exact) mass is 260 g/mol. The number of rotatable bonds is 3. The summed E-state index contributed by atoms with van der Waals surface area (Å²) < 4.78 is 0. The molecule has 2 nitrogen and oxygen atoms in total. The van der Waals surface area contributed by atoms with Gasteiger partial charge in [-0.05, 0) is 37.0 Å². The van der Waals surface area contributed by atoms with E-state index in [0.717, 1.165) is 10.7 Å². The van der Waals surface area contributed by atoms with Crippen LogP contribution >= 0.6 is 11.3 Å². The molecule has 0 atom stereocenters. The average Bonchev–Trinajstić information content (AvgIpc) is 2.70. The fourth-order valence-corrected chi connectivity index (χ4v) is 2.98. The van der Waals surface area contributed by atoms with Crippen LogP contribution in [0.3, 0.4) is 0 Å². The van der Waals surface area contributed by atoms with Gasteiger partial charge in [0.2, 0.25) is 0 Å². The maximum atomic E-state index is 5.73. The van der Waals surface area contributed by atoms with Gasteiger partial charge in [0.1, 0.15) is 5.01 Å². The molecule has 18 heavy (non-hydrogen) atoms. The van der Waals surface area contributed by atoms with E-state index >= 15 is 0 Å². The van der Waals surface area contributed by atoms with E-state index in [4.69, 9.17) is 5.73 Å². The Kier molecular flexibility index (Phi) is 3.83. The lowest BCUT2D eigenvalue weighted by atomic mass is 9.98. The number of aromatic nitrogens is 1. The van der Waals surface area contributed by atoms with Crippen molar-refractivity contribution in [1.29, 1.82) is 0 Å². The van der Waals surface area contributed by atoms with Gasteiger partial charge >= 0.3 is 0 Å². The van der Waals surface area contributed by atoms with Gasteiger partial charge in [-0.2, -0.15) is 0 Å². The molecule has 1 aromatic carbocycles. The minimum absolute atomic E-state index is 0.541. The van der Waals surface area contributed by atoms with Gasteiger partial charge in [0.15, 0.2) is 0 Å². The lowest BCUT2D eigenvalue weighted by molar-refractivity contribution is 0.866. The van der Waals surface area contributed by atoms with Crippen molar-refractivity contribution in [2.75, 3.05) is 0 Å². The van der Waals surface area contributed by atoms with E-state index in [1.165, 1.54) is 21.6 Å². The smallest absolute Gasteiger partial charge is 0.124 e. The molecule has 2 N–H and O–H groups in total. The van der Waals surface area contributed by atoms with E-state index in [2.05, 4.69) is 44.0 Å². The SMILES string of the molecule is Cc1ccc(C(C)C)cc1-c1nc(C)c(CN)s1. The van der Waals surface area contributed by atoms with Crippen LogP contribution in [0.15, 0.2) is 18.2 Å². The van der Waals surface area contributed by atoms with Crippen LogP contribution in [0.4, 0.5) is 0 Å². The molecule has 0 bridgehead atoms. The van der Waals surface area contributed by atoms with Gasteiger partial charge in [0, 0.05) is 17.0 Å². The number of nitrogens with zero attached hydrogens (tertiary/aromatic N) is 1. The van der Waals surface area contributed by atoms with Crippen molar-refractivity contribution in [3.8, 4) is 10.6 Å². The van der Waals surface area contributed by atoms with Crippen molar-refractivity contribution in [1.82, 2.24) is 4.98 Å². The summed E-state index contributed by atoms with van der Waals surface area (Å²) in [7, 11) is 0. The second kappa shape index (κ2) is 5.21. The number of nitrogens with two attached hydrogens (primary N) is 1. The third-order valence-corrected chi connectivity index (χ3v) is 4.45. The lowest BCUT2D eigenvalue weighted by Gasteiger charge is -2.09. The summed E-state index contributed by atoms with van der Waals surface area (Å²) in [5.41, 5.74) is 10.7. The molecule has 0 spiro atoms. The van der Waals surface area contributed by atoms with E-state index in [1.807, 2.05) is 6.92 Å². The highest BCUT2D eigenvalue weighted by atomic mass is 32.1. The summed E-state index contributed by atoms with van der Waals surface area (Å²) >= 11 is 1.71. The summed E-state index contributed by atoms with van der Waals surface area (Å²) in [5.74, 6) is 0.541. The van der Waals surface area contributed by atoms with Crippen LogP contribution in [0, 0.1) is 13.8 Å². The number of aryl methyl sites for hydroxylation is 2. The number of hydrogen-bond donors (Lipinski definition) is 1. The largest absolute Gasteiger partial charge is 0.326 e. The highest BCUT2D eigenvalue weighted by molar-refractivity contribution is 7.15. The van der Waals surface area contributed by atoms with Crippen LogP contribution in [-0.4, -0.2) is 4.98 Å². The van der Waals surface area contributed by atoms with Gasteiger partial charge in [0.05, 0.1) is 5.69 Å². The van der Waals surface area contributed by atoms with E-state index in [1.54, 1.807) is 11.3 Å². The summed E-state index contributed by atoms with van der Waals surface area (Å²) in [6.07, 6.45) is 0. The van der Waals surface area contributed by atoms with Crippen LogP contribution in [0.2, 0.25) is 0 Å². The first-order valence-electron chi connectivity index (χ1n) is 6.30. The summed E-state index contributed by atoms with van der Waals surface area (Å²) in [6.45, 7) is 9.17. The predicted molar refractivity (Wildman–Crippen MR) is 79.0 cm³/mol. The Morgan fingerprint density at radius 2 is 2.00 bits per heavy atom. The first kappa shape index (κ1) is 13.2. The molecule has 0 aliphatic heterocycles. The van der Waals surface area contributed by atoms with Crippen LogP contribution in [0.5, 0.6) is 0 Å². The maximum Gasteiger partial charge on any atom is 0.124 e. The van der Waals surface area contributed by atoms with Crippen molar-refractivity contribution in [2.45, 2.75) is 40.2 Å². The zero-order chi connectivity index (χ0) is 13.3. The molecule has 2 rings (SSSR count). The Bertz CT molecular complexity index is 556. The molecular formula is C15H20N2S. The molecule has 2 aromatic rings. The maximum absolute atomic E-state index is 5.73. The molecule has 0 saturated heterocycles. The summed E-state index contributed by atoms with van der Waals surface area (Å²) in [4.78, 5) is 5.83. The van der Waals surface area contributed by atoms with Gasteiger partial charge in [-0.3, -0.25) is 0 Å². The standard InChI is InChI=1S/C15H20N2S/c1-9(2)12-6-5-10(3)13(7-12)15-17-11(4)14(8-16)18-15/h5-7,9H,8,16H2,1-4H3. The van der Waals surface area contributed by atoms with Crippen LogP contribution < -0.4 is 5.73 Å². The lowest BCUT2D eigenvalue weighted by Crippen LogP contribution is -1.94. The van der Waals surface area contributed by atoms with Crippen molar-refractivity contribution in [3.05, 3.63) is 39.9 Å². The van der Waals surface area contributed by atoms with Crippen LogP contribution in [0.25, 0.3) is 10.6 Å². The first-order chi connectivity index (χ1) is 8.52. The molecule has 1 aromatic heterocycles. The third-order valence-electron chi connectivity index (χ3n) is 3.24. The van der Waals surface area contributed by atoms with Gasteiger partial charge < -0.3 is 5.73 Å². The molecule has 0 radical (unpaired) electrons. The fraction of sp³-hybridized carbons (Fsp3) is 0.400. The van der Waals surface area contributed by atoms with Crippen LogP contribution in [0.1, 0.15) is 41.5 Å². The van der Waals surface area contributed by atoms with Gasteiger partial charge in [-0.1, -0.05) is 26.0 Å². The van der Waals surface area contributed by atoms with Crippen molar-refractivity contribution in [2.24, 2.45) is 5.73 Å². The van der Waals surface area contributed by atoms with Crippen molar-refractivity contribution < 1.29 is 0 Å². The molecule has 0 amide bonds. The number of hydrogen-bond acceptors (Lipinski definition) is 3. The molecule has 3 heteroatoms. The van der Waals surface area contributed by atoms with E-state index in [-0.39, 0.29) is 0 Å². The van der Waals surface area contributed by atoms with Gasteiger partial charge in [0.25, 0.3) is 0 Å². The third kappa shape index (κ3) is 2.47. The van der Waals surface area contributed by atoms with Crippen molar-refractivity contribution >= 4 is 11.3 Å². The van der Waals surface area contributed by atoms with Crippen LogP contribution in [-0.2, 0) is 6.54 Å². The molecule has 0 saturated carbocycles. The molecule has 1 heterocycles. The first-order valence-corrected chi connectivity index (χ1v) is 7.12. The zero-order valence-electron chi connectivity index (χ0n) is 11.4. The highest BCUT2D eigenvalue weighted by Crippen LogP contribution is 2.32. The molecular weight excluding hydrogens is 240 g/mol. The van der Waals surface area contributed by atoms with Crippen molar-refractivity contribution in [3.63, 3.8) is 0 Å². The topological polar surface area (TPSA) is 38.9 Å². The van der Waals surface area contributed by atoms with Gasteiger partial charge in [-0.15, -0.1) is 11.3 Å². The Hall–Kier alpha value is -1.19. The summed E-state index contributed by atoms with van der Waals surface area (Å²) in [6, 6.07) is 6.65. The number of thiazole rings is 1. The summed E-state index contributed by atoms with van der Waals surface area (Å²) in [5, 5.41) is 1.09. The van der Waals surface area contributed by atoms with E-state index < -0.39 is 0 Å². The molecule has 0 aliphatic carbocycles. The Balaban J connectivity index is 2.51. The zero-order valence-corrected chi connectivity index (χ0v) is 12.3. The number of benzene rings is 1. The average molecular weight is 260 g/mol. The molecule has 0 unspecified atom stereocenters. The van der Waals surface area contributed by atoms with E-state index in [9.17, 15) is 0 Å². The minimum Gasteiger partial charge on any atom is -0.326 e. The van der Waals surface area contributed by atoms with Gasteiger partial charge in [-0.25, -0.2) is 4.98 Å². The minimum atomic E-state index is 0.541. The highest BCUT2D eigenvalue weighted by Gasteiger charge is 2.11. The second-order valence-electron chi connectivity index (χ2n) is 4.96. The molecule has 96 valence electrons. The Labute approximate surface area is 113 Å². The van der Waals surface area contributed by atoms with E-state index in [0.29, 0.717) is 12.5 Å². The second-order valence-corrected chi connectivity index (χ2v) is 6.04. The molecule has 0 aliphatic rings. The fourth-order valence-electron chi connectivity index (χ4n) is 1.96. The Morgan fingerprint density at radius 1 is 1.28 bits per heavy atom. The quantitative estimate of drug-likeness (QED) is 0.905. The molecule has 0 fully saturated rings. The normalized spacial score (nSPS) is 11.2.